The second-order valence-corrected chi connectivity index (χ2v) is 6.49. The summed E-state index contributed by atoms with van der Waals surface area (Å²) in [7, 11) is 4.03. The van der Waals surface area contributed by atoms with Gasteiger partial charge in [0, 0.05) is 22.0 Å². The van der Waals surface area contributed by atoms with E-state index in [0.717, 1.165) is 34.0 Å². The third kappa shape index (κ3) is 5.08. The minimum atomic E-state index is -0.400. The first-order valence-corrected chi connectivity index (χ1v) is 7.82. The summed E-state index contributed by atoms with van der Waals surface area (Å²) >= 11 is 1.69. The summed E-state index contributed by atoms with van der Waals surface area (Å²) in [5.74, 6) is 0. The van der Waals surface area contributed by atoms with Gasteiger partial charge in [-0.25, -0.2) is 0 Å². The Morgan fingerprint density at radius 3 is 2.05 bits per heavy atom. The molecule has 3 N–H and O–H groups in total. The van der Waals surface area contributed by atoms with Crippen LogP contribution in [0, 0.1) is 0 Å². The van der Waals surface area contributed by atoms with Crippen LogP contribution in [-0.2, 0) is 0 Å². The van der Waals surface area contributed by atoms with E-state index in [1.165, 1.54) is 0 Å². The maximum Gasteiger partial charge on any atom is 0.0802 e. The Labute approximate surface area is 130 Å². The maximum atomic E-state index is 10.1. The van der Waals surface area contributed by atoms with Crippen molar-refractivity contribution >= 4 is 17.4 Å². The van der Waals surface area contributed by atoms with E-state index in [2.05, 4.69) is 17.0 Å². The Morgan fingerprint density at radius 2 is 1.52 bits per heavy atom. The van der Waals surface area contributed by atoms with E-state index >= 15 is 0 Å². The zero-order valence-corrected chi connectivity index (χ0v) is 13.3. The molecule has 0 aliphatic carbocycles. The van der Waals surface area contributed by atoms with Crippen LogP contribution >= 0.6 is 11.8 Å². The first-order valence-electron chi connectivity index (χ1n) is 7.01. The molecule has 112 valence electrons. The highest BCUT2D eigenvalue weighted by molar-refractivity contribution is 7.99. The van der Waals surface area contributed by atoms with E-state index in [-0.39, 0.29) is 0 Å². The lowest BCUT2D eigenvalue weighted by Gasteiger charge is -2.15. The molecule has 0 fully saturated rings. The normalized spacial score (nSPS) is 12.6. The Morgan fingerprint density at radius 1 is 1.00 bits per heavy atom. The van der Waals surface area contributed by atoms with Gasteiger partial charge in [0.1, 0.15) is 0 Å². The van der Waals surface area contributed by atoms with Crippen molar-refractivity contribution in [1.82, 2.24) is 4.90 Å². The fourth-order valence-electron chi connectivity index (χ4n) is 1.98. The second kappa shape index (κ2) is 7.50. The number of hydrogen-bond donors (Lipinski definition) is 2. The molecule has 0 radical (unpaired) electrons. The van der Waals surface area contributed by atoms with Crippen molar-refractivity contribution in [3.8, 4) is 0 Å². The van der Waals surface area contributed by atoms with E-state index in [1.54, 1.807) is 11.8 Å². The average Bonchev–Trinajstić information content (AvgIpc) is 2.48. The van der Waals surface area contributed by atoms with Gasteiger partial charge < -0.3 is 15.7 Å². The molecular formula is C17H22N2OS. The second-order valence-electron chi connectivity index (χ2n) is 5.35. The predicted octanol–water partition coefficient (Wildman–Crippen LogP) is 3.41. The predicted molar refractivity (Wildman–Crippen MR) is 89.6 cm³/mol. The minimum Gasteiger partial charge on any atom is -0.399 e. The molecule has 0 saturated carbocycles. The van der Waals surface area contributed by atoms with Crippen LogP contribution in [0.25, 0.3) is 0 Å². The molecule has 2 aromatic rings. The number of aliphatic hydroxyl groups is 1. The van der Waals surface area contributed by atoms with Crippen LogP contribution in [0.15, 0.2) is 58.3 Å². The van der Waals surface area contributed by atoms with Gasteiger partial charge >= 0.3 is 0 Å². The van der Waals surface area contributed by atoms with Crippen LogP contribution in [-0.4, -0.2) is 30.6 Å². The van der Waals surface area contributed by atoms with E-state index in [4.69, 9.17) is 5.73 Å². The van der Waals surface area contributed by atoms with Gasteiger partial charge in [-0.1, -0.05) is 23.9 Å². The summed E-state index contributed by atoms with van der Waals surface area (Å²) < 4.78 is 0. The number of nitrogen functional groups attached to an aromatic ring is 1. The summed E-state index contributed by atoms with van der Waals surface area (Å²) in [5.41, 5.74) is 7.43. The molecule has 2 rings (SSSR count). The van der Waals surface area contributed by atoms with Gasteiger partial charge in [-0.05, 0) is 62.5 Å². The highest BCUT2D eigenvalue weighted by Crippen LogP contribution is 2.29. The third-order valence-corrected chi connectivity index (χ3v) is 4.25. The zero-order chi connectivity index (χ0) is 15.2. The molecule has 1 unspecified atom stereocenters. The summed E-state index contributed by atoms with van der Waals surface area (Å²) in [6.45, 7) is 0.878. The SMILES string of the molecule is CN(C)CCC(O)c1ccc(Sc2ccc(N)cc2)cc1. The van der Waals surface area contributed by atoms with E-state index in [0.29, 0.717) is 0 Å². The minimum absolute atomic E-state index is 0.400. The number of nitrogens with two attached hydrogens (primary N) is 1. The summed E-state index contributed by atoms with van der Waals surface area (Å²) in [4.78, 5) is 4.39. The molecule has 21 heavy (non-hydrogen) atoms. The van der Waals surface area contributed by atoms with Crippen LogP contribution < -0.4 is 5.73 Å². The van der Waals surface area contributed by atoms with Gasteiger partial charge in [0.2, 0.25) is 0 Å². The molecule has 0 bridgehead atoms. The number of nitrogens with zero attached hydrogens (tertiary/aromatic N) is 1. The third-order valence-electron chi connectivity index (χ3n) is 3.23. The number of anilines is 1. The van der Waals surface area contributed by atoms with Crippen molar-refractivity contribution in [2.75, 3.05) is 26.4 Å². The van der Waals surface area contributed by atoms with Gasteiger partial charge in [-0.2, -0.15) is 0 Å². The van der Waals surface area contributed by atoms with Crippen molar-refractivity contribution in [2.45, 2.75) is 22.3 Å². The molecule has 0 amide bonds. The molecular weight excluding hydrogens is 280 g/mol. The first kappa shape index (κ1) is 15.9. The standard InChI is InChI=1S/C17H22N2OS/c1-19(2)12-11-17(20)13-3-7-15(8-4-13)21-16-9-5-14(18)6-10-16/h3-10,17,20H,11-12,18H2,1-2H3. The van der Waals surface area contributed by atoms with Crippen LogP contribution in [0.3, 0.4) is 0 Å². The highest BCUT2D eigenvalue weighted by atomic mass is 32.2. The lowest BCUT2D eigenvalue weighted by atomic mass is 10.1. The lowest BCUT2D eigenvalue weighted by molar-refractivity contribution is 0.154. The van der Waals surface area contributed by atoms with Crippen molar-refractivity contribution < 1.29 is 5.11 Å². The van der Waals surface area contributed by atoms with Gasteiger partial charge in [0.25, 0.3) is 0 Å². The van der Waals surface area contributed by atoms with Crippen LogP contribution in [0.2, 0.25) is 0 Å². The Kier molecular flexibility index (Phi) is 5.67. The molecule has 0 heterocycles. The van der Waals surface area contributed by atoms with Gasteiger partial charge in [-0.15, -0.1) is 0 Å². The maximum absolute atomic E-state index is 10.1. The molecule has 0 saturated heterocycles. The van der Waals surface area contributed by atoms with Gasteiger partial charge in [-0.3, -0.25) is 0 Å². The Balaban J connectivity index is 1.96. The van der Waals surface area contributed by atoms with E-state index in [1.807, 2.05) is 50.5 Å². The summed E-state index contributed by atoms with van der Waals surface area (Å²) in [5, 5.41) is 10.1. The fourth-order valence-corrected chi connectivity index (χ4v) is 2.79. The van der Waals surface area contributed by atoms with Crippen LogP contribution in [0.4, 0.5) is 5.69 Å². The Hall–Kier alpha value is -1.49. The number of hydrogen-bond acceptors (Lipinski definition) is 4. The molecule has 1 atom stereocenters. The lowest BCUT2D eigenvalue weighted by Crippen LogP contribution is -2.15. The van der Waals surface area contributed by atoms with Crippen molar-refractivity contribution in [3.05, 3.63) is 54.1 Å². The largest absolute Gasteiger partial charge is 0.399 e. The van der Waals surface area contributed by atoms with Gasteiger partial charge in [0.15, 0.2) is 0 Å². The van der Waals surface area contributed by atoms with Crippen molar-refractivity contribution in [3.63, 3.8) is 0 Å². The smallest absolute Gasteiger partial charge is 0.0802 e. The Bertz CT molecular complexity index is 552. The first-order chi connectivity index (χ1) is 10.0. The van der Waals surface area contributed by atoms with E-state index < -0.39 is 6.10 Å². The molecule has 0 aliphatic heterocycles. The van der Waals surface area contributed by atoms with Gasteiger partial charge in [0.05, 0.1) is 6.10 Å². The number of benzene rings is 2. The van der Waals surface area contributed by atoms with Crippen molar-refractivity contribution in [2.24, 2.45) is 0 Å². The molecule has 3 nitrogen and oxygen atoms in total. The summed E-state index contributed by atoms with van der Waals surface area (Å²) in [6, 6.07) is 15.9. The van der Waals surface area contributed by atoms with Crippen LogP contribution in [0.5, 0.6) is 0 Å². The molecule has 4 heteroatoms. The topological polar surface area (TPSA) is 49.5 Å². The highest BCUT2D eigenvalue weighted by Gasteiger charge is 2.08. The average molecular weight is 302 g/mol. The molecule has 0 aromatic heterocycles. The fraction of sp³-hybridized carbons (Fsp3) is 0.294. The summed E-state index contributed by atoms with van der Waals surface area (Å²) in [6.07, 6.45) is 0.347. The monoisotopic (exact) mass is 302 g/mol. The molecule has 2 aromatic carbocycles. The zero-order valence-electron chi connectivity index (χ0n) is 12.5. The number of rotatable bonds is 6. The quantitative estimate of drug-likeness (QED) is 0.803. The molecule has 0 spiro atoms. The van der Waals surface area contributed by atoms with Crippen molar-refractivity contribution in [1.29, 1.82) is 0 Å². The van der Waals surface area contributed by atoms with Crippen LogP contribution in [0.1, 0.15) is 18.1 Å². The molecule has 0 aliphatic rings. The number of aliphatic hydroxyl groups excluding tert-OH is 1. The van der Waals surface area contributed by atoms with E-state index in [9.17, 15) is 5.11 Å².